The summed E-state index contributed by atoms with van der Waals surface area (Å²) in [6.45, 7) is 38.0. The smallest absolute Gasteiger partial charge is 0.311 e. The van der Waals surface area contributed by atoms with Gasteiger partial charge < -0.3 is 80.5 Å². The summed E-state index contributed by atoms with van der Waals surface area (Å²) in [6.07, 6.45) is 23.2. The van der Waals surface area contributed by atoms with Crippen LogP contribution in [0.5, 0.6) is 0 Å². The lowest BCUT2D eigenvalue weighted by molar-refractivity contribution is -0.218. The third kappa shape index (κ3) is 30.8. The maximum absolute atomic E-state index is 12.2. The van der Waals surface area contributed by atoms with E-state index in [0.29, 0.717) is 123 Å². The number of fused-ring (bicyclic) bond motifs is 25. The lowest BCUT2D eigenvalue weighted by atomic mass is 9.71. The molecule has 28 atom stereocenters. The number of carbonyl (C=O) groups excluding carboxylic acids is 16. The number of carbonyl (C=O) groups is 16. The van der Waals surface area contributed by atoms with E-state index in [1.165, 1.54) is 98.4 Å². The molecule has 17 fully saturated rings. The molecular formula is C105H166O33. The van der Waals surface area contributed by atoms with Crippen molar-refractivity contribution >= 4 is 95.5 Å². The van der Waals surface area contributed by atoms with E-state index in [0.717, 1.165) is 69.0 Å². The first kappa shape index (κ1) is 116. The third-order valence-electron chi connectivity index (χ3n) is 32.7. The minimum Gasteiger partial charge on any atom is -0.469 e. The Morgan fingerprint density at radius 2 is 0.797 bits per heavy atom. The molecule has 0 aromatic rings. The SMILES string of the molecule is CC1(C)OC(=O)C2C3CCC(C3)C21.CC1OC(=O)C2C3CCC(C3)C12.CCC(C)(C)C(=O)OCCOC(=O)CCC(=O)OC1CC2CCC1(C)OC2=O.CCC(C)C(=O)OC.CCC(C)C(=O)OC.CCC(C)C(=O)OC.CCC(C)C(=O)OCCOC.CCC(C)C(=O)OCCOC(=O)CCC(=O)OC1(C)CCC2CC1(C)OC2=O.O=C1OCC2C3CCC(C3)C12.O=C1OCC2C3CCC(C3)C12. The van der Waals surface area contributed by atoms with Crippen molar-refractivity contribution in [1.82, 2.24) is 0 Å². The summed E-state index contributed by atoms with van der Waals surface area (Å²) in [4.78, 5) is 183. The Morgan fingerprint density at radius 1 is 0.399 bits per heavy atom. The van der Waals surface area contributed by atoms with E-state index in [9.17, 15) is 76.7 Å². The minimum absolute atomic E-state index is 0.00635. The molecule has 0 radical (unpaired) electrons. The Kier molecular flexibility index (Phi) is 45.2. The van der Waals surface area contributed by atoms with Gasteiger partial charge in [-0.15, -0.1) is 0 Å². The van der Waals surface area contributed by atoms with Gasteiger partial charge in [0.25, 0.3) is 0 Å². The number of esters is 16. The van der Waals surface area contributed by atoms with Gasteiger partial charge in [-0.05, 0) is 244 Å². The molecule has 7 heterocycles. The van der Waals surface area contributed by atoms with Crippen LogP contribution in [-0.2, 0) is 157 Å². The molecule has 17 rings (SSSR count). The zero-order chi connectivity index (χ0) is 103. The van der Waals surface area contributed by atoms with Crippen LogP contribution < -0.4 is 0 Å². The predicted octanol–water partition coefficient (Wildman–Crippen LogP) is 15.5. The summed E-state index contributed by atoms with van der Waals surface area (Å²) in [5.41, 5.74) is -3.26. The predicted molar refractivity (Wildman–Crippen MR) is 499 cm³/mol. The van der Waals surface area contributed by atoms with Gasteiger partial charge in [-0.25, -0.2) is 0 Å². The van der Waals surface area contributed by atoms with Crippen LogP contribution in [0.4, 0.5) is 0 Å². The molecule has 28 unspecified atom stereocenters. The van der Waals surface area contributed by atoms with Gasteiger partial charge >= 0.3 is 95.5 Å². The van der Waals surface area contributed by atoms with Crippen molar-refractivity contribution in [2.75, 3.05) is 81.3 Å². The minimum atomic E-state index is -0.902. The van der Waals surface area contributed by atoms with Gasteiger partial charge in [0, 0.05) is 43.6 Å². The largest absolute Gasteiger partial charge is 0.469 e. The molecule has 12 bridgehead atoms. The Bertz CT molecular complexity index is 4000. The fourth-order valence-corrected chi connectivity index (χ4v) is 22.6. The Labute approximate surface area is 817 Å². The van der Waals surface area contributed by atoms with E-state index >= 15 is 0 Å². The summed E-state index contributed by atoms with van der Waals surface area (Å²) in [5.74, 6) is 5.68. The van der Waals surface area contributed by atoms with E-state index in [1.54, 1.807) is 48.7 Å². The normalized spacial score (nSPS) is 32.7. The lowest BCUT2D eigenvalue weighted by Gasteiger charge is -2.47. The molecule has 33 nitrogen and oxygen atoms in total. The van der Waals surface area contributed by atoms with Gasteiger partial charge in [0.05, 0.1) is 137 Å². The Morgan fingerprint density at radius 3 is 1.23 bits per heavy atom. The van der Waals surface area contributed by atoms with Crippen LogP contribution >= 0.6 is 0 Å². The molecule has 0 N–H and O–H groups in total. The first-order valence-corrected chi connectivity index (χ1v) is 51.3. The van der Waals surface area contributed by atoms with Crippen molar-refractivity contribution in [3.05, 3.63) is 0 Å². The average Bonchev–Trinajstić information content (AvgIpc) is 1.57. The quantitative estimate of drug-likeness (QED) is 0.0381. The van der Waals surface area contributed by atoms with Crippen molar-refractivity contribution in [2.45, 2.75) is 346 Å². The maximum Gasteiger partial charge on any atom is 0.311 e. The second-order valence-electron chi connectivity index (χ2n) is 42.5. The van der Waals surface area contributed by atoms with Crippen molar-refractivity contribution in [3.63, 3.8) is 0 Å². The molecule has 33 heteroatoms. The van der Waals surface area contributed by atoms with E-state index in [1.807, 2.05) is 69.2 Å². The fourth-order valence-electron chi connectivity index (χ4n) is 22.6. The summed E-state index contributed by atoms with van der Waals surface area (Å²) >= 11 is 0. The van der Waals surface area contributed by atoms with Gasteiger partial charge in [-0.2, -0.15) is 0 Å². The van der Waals surface area contributed by atoms with E-state index < -0.39 is 52.2 Å². The highest BCUT2D eigenvalue weighted by Crippen LogP contribution is 2.62. The van der Waals surface area contributed by atoms with Gasteiger partial charge in [0.2, 0.25) is 0 Å². The molecule has 0 amide bonds. The topological polar surface area (TPSA) is 430 Å². The molecule has 0 aromatic heterocycles. The molecule has 10 saturated carbocycles. The van der Waals surface area contributed by atoms with Crippen molar-refractivity contribution in [1.29, 1.82) is 0 Å². The Hall–Kier alpha value is -8.52. The van der Waals surface area contributed by atoms with E-state index in [-0.39, 0.29) is 183 Å². The van der Waals surface area contributed by atoms with Crippen LogP contribution in [0.15, 0.2) is 0 Å². The molecule has 17 aliphatic rings. The fraction of sp³-hybridized carbons (Fsp3) is 0.848. The Balaban J connectivity index is 0.000000217. The molecule has 0 aromatic carbocycles. The molecule has 7 aliphatic heterocycles. The molecule has 7 saturated heterocycles. The van der Waals surface area contributed by atoms with Crippen molar-refractivity contribution in [2.24, 2.45) is 142 Å². The van der Waals surface area contributed by atoms with Crippen LogP contribution in [-0.4, -0.2) is 211 Å². The third-order valence-corrected chi connectivity index (χ3v) is 32.7. The zero-order valence-electron chi connectivity index (χ0n) is 86.9. The van der Waals surface area contributed by atoms with Gasteiger partial charge in [0.15, 0.2) is 0 Å². The standard InChI is InChI=1S/2C20H30O8.C11H16O2.C10H14O2.2C9H12O2.C8H16O3.3C6H12O2/c1-5-19(2,3)18(24)26-11-10-25-15(21)6-7-16(22)27-14-12-13-8-9-20(14,4)28-17(13)23;1-5-13(2)17(23)26-11-10-25-15(21)6-7-16(22)27-19(3)9-8-14-12-20(19,4)28-18(14)24;1-11(2)9-7-4-3-6(5-7)8(9)10(12)13-11;1-5-8-6-2-3-7(4-6)9(8)10(11)12-5;2*10-9-8-6-2-1-5(3-6)7(8)4-11-9;1-4-7(2)8(9)11-6-5-10-3;3*1-4-5(2)6(7)8-3/h2*13-14H,5-12H2,1-4H3;6-9H,3-5H2,1-2H3;5-9H,2-4H2,1H3;2*5-8H,1-4H2;7H,4-6H2,1-3H3;3*5H,4H2,1-3H3. The highest BCUT2D eigenvalue weighted by atomic mass is 16.6. The second-order valence-corrected chi connectivity index (χ2v) is 42.5. The molecule has 138 heavy (non-hydrogen) atoms. The van der Waals surface area contributed by atoms with Crippen LogP contribution in [0.1, 0.15) is 311 Å². The summed E-state index contributed by atoms with van der Waals surface area (Å²) in [5, 5.41) is 0. The lowest BCUT2D eigenvalue weighted by Crippen LogP contribution is -2.57. The average molecular weight is 1960 g/mol. The zero-order valence-corrected chi connectivity index (χ0v) is 86.9. The molecule has 784 valence electrons. The number of methoxy groups -OCH3 is 4. The van der Waals surface area contributed by atoms with Crippen LogP contribution in [0, 0.1) is 142 Å². The second kappa shape index (κ2) is 53.5. The van der Waals surface area contributed by atoms with Gasteiger partial charge in [0.1, 0.15) is 67.6 Å². The number of hydrogen-bond acceptors (Lipinski definition) is 33. The first-order valence-electron chi connectivity index (χ1n) is 51.3. The summed E-state index contributed by atoms with van der Waals surface area (Å²) in [7, 11) is 5.81. The van der Waals surface area contributed by atoms with Crippen LogP contribution in [0.25, 0.3) is 0 Å². The number of hydrogen-bond donors (Lipinski definition) is 0. The van der Waals surface area contributed by atoms with Gasteiger partial charge in [-0.1, -0.05) is 76.2 Å². The summed E-state index contributed by atoms with van der Waals surface area (Å²) in [6, 6.07) is 0. The monoisotopic (exact) mass is 1960 g/mol. The first-order chi connectivity index (χ1) is 65.1. The molecule has 10 aliphatic carbocycles. The molecule has 0 spiro atoms. The number of cyclic esters (lactones) is 4. The molecular weight excluding hydrogens is 1790 g/mol. The van der Waals surface area contributed by atoms with Crippen molar-refractivity contribution in [3.8, 4) is 0 Å². The van der Waals surface area contributed by atoms with Crippen molar-refractivity contribution < 1.29 is 157 Å². The maximum atomic E-state index is 12.2. The highest BCUT2D eigenvalue weighted by molar-refractivity contribution is 5.82. The number of ether oxygens (including phenoxy) is 17. The van der Waals surface area contributed by atoms with Crippen LogP contribution in [0.2, 0.25) is 0 Å². The highest BCUT2D eigenvalue weighted by Gasteiger charge is 2.65. The van der Waals surface area contributed by atoms with E-state index in [2.05, 4.69) is 35.0 Å². The van der Waals surface area contributed by atoms with Gasteiger partial charge in [-0.3, -0.25) is 76.7 Å². The van der Waals surface area contributed by atoms with E-state index in [4.69, 9.17) is 66.3 Å². The summed E-state index contributed by atoms with van der Waals surface area (Å²) < 4.78 is 85.7. The number of rotatable bonds is 29. The van der Waals surface area contributed by atoms with Crippen LogP contribution in [0.3, 0.4) is 0 Å².